The predicted molar refractivity (Wildman–Crippen MR) is 78.2 cm³/mol. The predicted octanol–water partition coefficient (Wildman–Crippen LogP) is 0.104. The van der Waals surface area contributed by atoms with Crippen LogP contribution in [0.25, 0.3) is 0 Å². The van der Waals surface area contributed by atoms with Crippen LogP contribution in [0.3, 0.4) is 0 Å². The number of piperidine rings is 1. The molecule has 0 N–H and O–H groups in total. The fraction of sp³-hybridized carbons (Fsp3) is 0.600. The molecule has 2 saturated heterocycles. The third-order valence-electron chi connectivity index (χ3n) is 4.39. The molecule has 2 fully saturated rings. The lowest BCUT2D eigenvalue weighted by Crippen LogP contribution is -2.49. The van der Waals surface area contributed by atoms with E-state index in [4.69, 9.17) is 4.74 Å². The molecule has 2 aliphatic heterocycles. The van der Waals surface area contributed by atoms with Crippen LogP contribution in [0.2, 0.25) is 0 Å². The van der Waals surface area contributed by atoms with Crippen molar-refractivity contribution in [3.63, 3.8) is 0 Å². The number of nitrogens with zero attached hydrogens (tertiary/aromatic N) is 4. The van der Waals surface area contributed by atoms with Gasteiger partial charge in [-0.1, -0.05) is 0 Å². The monoisotopic (exact) mass is 304 g/mol. The van der Waals surface area contributed by atoms with Crippen LogP contribution in [0.5, 0.6) is 0 Å². The highest BCUT2D eigenvalue weighted by Gasteiger charge is 2.36. The summed E-state index contributed by atoms with van der Waals surface area (Å²) >= 11 is 0. The molecule has 3 rings (SSSR count). The second-order valence-electron chi connectivity index (χ2n) is 5.91. The molecule has 2 aliphatic rings. The largest absolute Gasteiger partial charge is 0.368 e. The molecule has 1 aromatic rings. The fourth-order valence-corrected chi connectivity index (χ4v) is 3.10. The normalized spacial score (nSPS) is 25.6. The molecule has 7 nitrogen and oxygen atoms in total. The van der Waals surface area contributed by atoms with Crippen molar-refractivity contribution in [2.45, 2.75) is 19.4 Å². The lowest BCUT2D eigenvalue weighted by molar-refractivity contribution is -0.133. The Hall–Kier alpha value is -2.02. The molecule has 3 heterocycles. The van der Waals surface area contributed by atoms with Crippen molar-refractivity contribution in [2.75, 3.05) is 33.3 Å². The molecule has 22 heavy (non-hydrogen) atoms. The standard InChI is InChI=1S/C15H20N4O3/c1-10-14(17-5-4-16-10)15(21)19-6-3-12-11(8-19)7-18(2)13(20)9-22-12/h4-5,11-12H,3,6-9H2,1-2H3/t11-,12-/m0/s1. The summed E-state index contributed by atoms with van der Waals surface area (Å²) in [6.45, 7) is 3.74. The summed E-state index contributed by atoms with van der Waals surface area (Å²) in [5, 5.41) is 0. The van der Waals surface area contributed by atoms with Gasteiger partial charge in [0.05, 0.1) is 11.8 Å². The minimum atomic E-state index is -0.0951. The van der Waals surface area contributed by atoms with Gasteiger partial charge >= 0.3 is 0 Å². The Morgan fingerprint density at radius 3 is 2.86 bits per heavy atom. The summed E-state index contributed by atoms with van der Waals surface area (Å²) in [7, 11) is 1.78. The van der Waals surface area contributed by atoms with Crippen LogP contribution >= 0.6 is 0 Å². The zero-order valence-corrected chi connectivity index (χ0v) is 12.9. The molecule has 0 aliphatic carbocycles. The van der Waals surface area contributed by atoms with Gasteiger partial charge in [-0.25, -0.2) is 4.98 Å². The van der Waals surface area contributed by atoms with Crippen LogP contribution in [0, 0.1) is 12.8 Å². The van der Waals surface area contributed by atoms with Gasteiger partial charge in [0.2, 0.25) is 5.91 Å². The molecule has 0 spiro atoms. The Morgan fingerprint density at radius 1 is 1.32 bits per heavy atom. The van der Waals surface area contributed by atoms with Crippen LogP contribution in [-0.4, -0.2) is 71.0 Å². The van der Waals surface area contributed by atoms with E-state index in [0.717, 1.165) is 6.42 Å². The van der Waals surface area contributed by atoms with Gasteiger partial charge in [0, 0.05) is 45.0 Å². The van der Waals surface area contributed by atoms with Crippen molar-refractivity contribution in [1.82, 2.24) is 19.8 Å². The van der Waals surface area contributed by atoms with Crippen molar-refractivity contribution in [3.8, 4) is 0 Å². The lowest BCUT2D eigenvalue weighted by atomic mass is 9.94. The van der Waals surface area contributed by atoms with Crippen molar-refractivity contribution >= 4 is 11.8 Å². The second kappa shape index (κ2) is 6.00. The number of ether oxygens (including phenoxy) is 1. The maximum absolute atomic E-state index is 12.6. The summed E-state index contributed by atoms with van der Waals surface area (Å²) in [4.78, 5) is 36.1. The van der Waals surface area contributed by atoms with Gasteiger partial charge < -0.3 is 14.5 Å². The zero-order valence-electron chi connectivity index (χ0n) is 12.9. The van der Waals surface area contributed by atoms with E-state index in [2.05, 4.69) is 9.97 Å². The van der Waals surface area contributed by atoms with Gasteiger partial charge in [0.25, 0.3) is 5.91 Å². The number of carbonyl (C=O) groups excluding carboxylic acids is 2. The van der Waals surface area contributed by atoms with Gasteiger partial charge in [-0.05, 0) is 13.3 Å². The van der Waals surface area contributed by atoms with Crippen molar-refractivity contribution in [2.24, 2.45) is 5.92 Å². The number of likely N-dealkylation sites (N-methyl/N-ethyl adjacent to an activating group) is 1. The first-order valence-corrected chi connectivity index (χ1v) is 7.48. The average molecular weight is 304 g/mol. The summed E-state index contributed by atoms with van der Waals surface area (Å²) in [5.41, 5.74) is 1.04. The van der Waals surface area contributed by atoms with Crippen LogP contribution in [-0.2, 0) is 9.53 Å². The van der Waals surface area contributed by atoms with E-state index < -0.39 is 0 Å². The summed E-state index contributed by atoms with van der Waals surface area (Å²) in [5.74, 6) is 0.0467. The minimum Gasteiger partial charge on any atom is -0.368 e. The number of carbonyl (C=O) groups is 2. The van der Waals surface area contributed by atoms with E-state index in [9.17, 15) is 9.59 Å². The van der Waals surface area contributed by atoms with Gasteiger partial charge in [0.1, 0.15) is 12.3 Å². The summed E-state index contributed by atoms with van der Waals surface area (Å²) < 4.78 is 5.69. The minimum absolute atomic E-state index is 0.00273. The van der Waals surface area contributed by atoms with E-state index in [1.54, 1.807) is 30.0 Å². The number of rotatable bonds is 1. The quantitative estimate of drug-likeness (QED) is 0.736. The van der Waals surface area contributed by atoms with E-state index in [-0.39, 0.29) is 30.4 Å². The van der Waals surface area contributed by atoms with Gasteiger partial charge in [-0.2, -0.15) is 0 Å². The number of aryl methyl sites for hydroxylation is 1. The van der Waals surface area contributed by atoms with Crippen molar-refractivity contribution in [1.29, 1.82) is 0 Å². The molecule has 0 unspecified atom stereocenters. The maximum Gasteiger partial charge on any atom is 0.274 e. The van der Waals surface area contributed by atoms with Crippen molar-refractivity contribution in [3.05, 3.63) is 23.8 Å². The van der Waals surface area contributed by atoms with Crippen LogP contribution in [0.1, 0.15) is 22.6 Å². The molecule has 1 aromatic heterocycles. The Labute approximate surface area is 129 Å². The fourth-order valence-electron chi connectivity index (χ4n) is 3.10. The Morgan fingerprint density at radius 2 is 2.09 bits per heavy atom. The number of hydrogen-bond acceptors (Lipinski definition) is 5. The molecule has 0 bridgehead atoms. The molecular formula is C15H20N4O3. The Balaban J connectivity index is 1.74. The molecule has 118 valence electrons. The highest BCUT2D eigenvalue weighted by Crippen LogP contribution is 2.24. The molecule has 0 aromatic carbocycles. The first kappa shape index (κ1) is 14.9. The lowest BCUT2D eigenvalue weighted by Gasteiger charge is -2.37. The Bertz CT molecular complexity index is 592. The number of hydrogen-bond donors (Lipinski definition) is 0. The van der Waals surface area contributed by atoms with Crippen molar-refractivity contribution < 1.29 is 14.3 Å². The van der Waals surface area contributed by atoms with Crippen LogP contribution in [0.4, 0.5) is 0 Å². The van der Waals surface area contributed by atoms with E-state index in [1.807, 2.05) is 0 Å². The summed E-state index contributed by atoms with van der Waals surface area (Å²) in [6, 6.07) is 0. The van der Waals surface area contributed by atoms with E-state index in [0.29, 0.717) is 31.0 Å². The highest BCUT2D eigenvalue weighted by molar-refractivity contribution is 5.93. The number of aromatic nitrogens is 2. The average Bonchev–Trinajstić information content (AvgIpc) is 2.66. The molecule has 0 saturated carbocycles. The highest BCUT2D eigenvalue weighted by atomic mass is 16.5. The van der Waals surface area contributed by atoms with Crippen LogP contribution in [0.15, 0.2) is 12.4 Å². The summed E-state index contributed by atoms with van der Waals surface area (Å²) in [6.07, 6.45) is 3.91. The molecule has 7 heteroatoms. The zero-order chi connectivity index (χ0) is 15.7. The molecular weight excluding hydrogens is 284 g/mol. The molecule has 2 atom stereocenters. The van der Waals surface area contributed by atoms with E-state index >= 15 is 0 Å². The van der Waals surface area contributed by atoms with Gasteiger partial charge in [0.15, 0.2) is 0 Å². The third kappa shape index (κ3) is 2.81. The second-order valence-corrected chi connectivity index (χ2v) is 5.91. The molecule has 0 radical (unpaired) electrons. The maximum atomic E-state index is 12.6. The van der Waals surface area contributed by atoms with E-state index in [1.165, 1.54) is 6.20 Å². The number of fused-ring (bicyclic) bond motifs is 1. The van der Waals surface area contributed by atoms with Gasteiger partial charge in [-0.3, -0.25) is 14.6 Å². The number of amides is 2. The SMILES string of the molecule is Cc1nccnc1C(=O)N1CC[C@@H]2OCC(=O)N(C)C[C@H]2C1. The first-order chi connectivity index (χ1) is 10.6. The Kier molecular flexibility index (Phi) is 4.06. The van der Waals surface area contributed by atoms with Gasteiger partial charge in [-0.15, -0.1) is 0 Å². The third-order valence-corrected chi connectivity index (χ3v) is 4.39. The molecule has 2 amide bonds. The first-order valence-electron chi connectivity index (χ1n) is 7.48. The number of likely N-dealkylation sites (tertiary alicyclic amines) is 1. The smallest absolute Gasteiger partial charge is 0.274 e. The topological polar surface area (TPSA) is 75.6 Å². The van der Waals surface area contributed by atoms with Crippen LogP contribution < -0.4 is 0 Å².